The van der Waals surface area contributed by atoms with Crippen LogP contribution in [0.15, 0.2) is 18.2 Å². The van der Waals surface area contributed by atoms with E-state index in [4.69, 9.17) is 4.74 Å². The second kappa shape index (κ2) is 6.32. The molecule has 0 aromatic heterocycles. The van der Waals surface area contributed by atoms with Crippen LogP contribution in [-0.2, 0) is 4.79 Å². The van der Waals surface area contributed by atoms with E-state index in [1.165, 1.54) is 20.1 Å². The van der Waals surface area contributed by atoms with Crippen molar-refractivity contribution in [2.24, 2.45) is 0 Å². The Morgan fingerprint density at radius 1 is 1.50 bits per heavy atom. The molecule has 0 aliphatic heterocycles. The highest BCUT2D eigenvalue weighted by molar-refractivity contribution is 5.72. The topological polar surface area (TPSA) is 78.8 Å². The highest BCUT2D eigenvalue weighted by Gasteiger charge is 2.22. The summed E-state index contributed by atoms with van der Waals surface area (Å²) in [6, 6.07) is 3.60. The first kappa shape index (κ1) is 14.4. The maximum absolute atomic E-state index is 13.0. The highest BCUT2D eigenvalue weighted by Crippen LogP contribution is 2.27. The van der Waals surface area contributed by atoms with Crippen LogP contribution in [0.2, 0.25) is 0 Å². The Labute approximate surface area is 104 Å². The molecule has 1 rings (SSSR count). The Bertz CT molecular complexity index is 425. The maximum Gasteiger partial charge on any atom is 0.216 e. The fraction of sp³-hybridized carbons (Fsp3) is 0.417. The van der Waals surface area contributed by atoms with Crippen LogP contribution in [-0.4, -0.2) is 35.9 Å². The summed E-state index contributed by atoms with van der Waals surface area (Å²) in [5.74, 6) is -0.671. The van der Waals surface area contributed by atoms with Gasteiger partial charge in [0.25, 0.3) is 0 Å². The molecule has 2 unspecified atom stereocenters. The van der Waals surface area contributed by atoms with Gasteiger partial charge >= 0.3 is 0 Å². The molecule has 1 amide bonds. The molecule has 1 aromatic rings. The van der Waals surface area contributed by atoms with Crippen LogP contribution in [0.3, 0.4) is 0 Å². The van der Waals surface area contributed by atoms with Crippen molar-refractivity contribution in [2.45, 2.75) is 19.1 Å². The van der Waals surface area contributed by atoms with Crippen LogP contribution in [0.5, 0.6) is 5.75 Å². The smallest absolute Gasteiger partial charge is 0.216 e. The molecular formula is C12H16FNO4. The van der Waals surface area contributed by atoms with Gasteiger partial charge < -0.3 is 20.3 Å². The third kappa shape index (κ3) is 3.68. The Kier molecular flexibility index (Phi) is 5.06. The molecule has 0 fully saturated rings. The molecule has 0 bridgehead atoms. The van der Waals surface area contributed by atoms with Gasteiger partial charge in [-0.1, -0.05) is 0 Å². The average Bonchev–Trinajstić information content (AvgIpc) is 2.34. The number of ether oxygens (including phenoxy) is 1. The Morgan fingerprint density at radius 3 is 2.72 bits per heavy atom. The third-order valence-electron chi connectivity index (χ3n) is 2.44. The van der Waals surface area contributed by atoms with Crippen molar-refractivity contribution in [1.29, 1.82) is 0 Å². The molecule has 0 heterocycles. The van der Waals surface area contributed by atoms with Gasteiger partial charge in [-0.25, -0.2) is 4.39 Å². The molecule has 0 aliphatic carbocycles. The molecule has 0 saturated carbocycles. The third-order valence-corrected chi connectivity index (χ3v) is 2.44. The van der Waals surface area contributed by atoms with Crippen molar-refractivity contribution in [1.82, 2.24) is 5.32 Å². The van der Waals surface area contributed by atoms with E-state index in [2.05, 4.69) is 5.32 Å². The van der Waals surface area contributed by atoms with Gasteiger partial charge in [-0.2, -0.15) is 0 Å². The number of aliphatic hydroxyl groups is 2. The van der Waals surface area contributed by atoms with Crippen LogP contribution >= 0.6 is 0 Å². The molecule has 2 atom stereocenters. The molecule has 5 nitrogen and oxygen atoms in total. The minimum Gasteiger partial charge on any atom is -0.496 e. The first-order valence-corrected chi connectivity index (χ1v) is 5.39. The lowest BCUT2D eigenvalue weighted by molar-refractivity contribution is -0.119. The van der Waals surface area contributed by atoms with Crippen molar-refractivity contribution in [3.63, 3.8) is 0 Å². The molecule has 100 valence electrons. The number of nitrogens with one attached hydrogen (secondary N) is 1. The van der Waals surface area contributed by atoms with E-state index in [1.54, 1.807) is 0 Å². The monoisotopic (exact) mass is 257 g/mol. The van der Waals surface area contributed by atoms with Gasteiger partial charge in [-0.05, 0) is 12.1 Å². The van der Waals surface area contributed by atoms with E-state index in [-0.39, 0.29) is 23.8 Å². The van der Waals surface area contributed by atoms with Crippen molar-refractivity contribution in [2.75, 3.05) is 13.7 Å². The van der Waals surface area contributed by atoms with Gasteiger partial charge in [0, 0.05) is 25.1 Å². The first-order chi connectivity index (χ1) is 8.45. The minimum absolute atomic E-state index is 0.100. The summed E-state index contributed by atoms with van der Waals surface area (Å²) in [5.41, 5.74) is 0.261. The fourth-order valence-electron chi connectivity index (χ4n) is 1.50. The zero-order chi connectivity index (χ0) is 13.7. The molecule has 18 heavy (non-hydrogen) atoms. The maximum atomic E-state index is 13.0. The Hall–Kier alpha value is -1.66. The van der Waals surface area contributed by atoms with Crippen LogP contribution in [0, 0.1) is 5.82 Å². The predicted octanol–water partition coefficient (Wildman–Crippen LogP) is 0.365. The summed E-state index contributed by atoms with van der Waals surface area (Å²) < 4.78 is 17.9. The van der Waals surface area contributed by atoms with Crippen LogP contribution in [0.1, 0.15) is 18.6 Å². The normalized spacial score (nSPS) is 13.8. The number of carbonyl (C=O) groups is 1. The first-order valence-electron chi connectivity index (χ1n) is 5.39. The lowest BCUT2D eigenvalue weighted by atomic mass is 10.0. The standard InChI is InChI=1S/C12H16FNO4/c1-7(15)14-6-10(16)12(17)9-4-3-8(13)5-11(9)18-2/h3-5,10,12,16-17H,6H2,1-2H3,(H,14,15). The summed E-state index contributed by atoms with van der Waals surface area (Å²) in [6.07, 6.45) is -2.47. The number of methoxy groups -OCH3 is 1. The zero-order valence-electron chi connectivity index (χ0n) is 10.2. The molecule has 0 saturated heterocycles. The molecular weight excluding hydrogens is 241 g/mol. The van der Waals surface area contributed by atoms with E-state index in [1.807, 2.05) is 0 Å². The number of halogens is 1. The minimum atomic E-state index is -1.27. The number of amides is 1. The van der Waals surface area contributed by atoms with Gasteiger partial charge in [0.15, 0.2) is 0 Å². The highest BCUT2D eigenvalue weighted by atomic mass is 19.1. The summed E-state index contributed by atoms with van der Waals surface area (Å²) in [5, 5.41) is 22.0. The molecule has 3 N–H and O–H groups in total. The van der Waals surface area contributed by atoms with E-state index in [0.29, 0.717) is 0 Å². The molecule has 6 heteroatoms. The van der Waals surface area contributed by atoms with Gasteiger partial charge in [-0.15, -0.1) is 0 Å². The summed E-state index contributed by atoms with van der Waals surface area (Å²) in [7, 11) is 1.34. The van der Waals surface area contributed by atoms with Crippen molar-refractivity contribution in [3.8, 4) is 5.75 Å². The van der Waals surface area contributed by atoms with Crippen LogP contribution in [0.25, 0.3) is 0 Å². The molecule has 0 spiro atoms. The second-order valence-electron chi connectivity index (χ2n) is 3.84. The quantitative estimate of drug-likeness (QED) is 0.712. The Morgan fingerprint density at radius 2 is 2.17 bits per heavy atom. The van der Waals surface area contributed by atoms with E-state index < -0.39 is 18.0 Å². The van der Waals surface area contributed by atoms with E-state index >= 15 is 0 Å². The van der Waals surface area contributed by atoms with Gasteiger partial charge in [-0.3, -0.25) is 4.79 Å². The van der Waals surface area contributed by atoms with Gasteiger partial charge in [0.2, 0.25) is 5.91 Å². The van der Waals surface area contributed by atoms with Crippen molar-refractivity contribution < 1.29 is 24.1 Å². The summed E-state index contributed by atoms with van der Waals surface area (Å²) in [4.78, 5) is 10.7. The average molecular weight is 257 g/mol. The molecule has 1 aromatic carbocycles. The predicted molar refractivity (Wildman–Crippen MR) is 62.6 cm³/mol. The fourth-order valence-corrected chi connectivity index (χ4v) is 1.50. The number of hydrogen-bond donors (Lipinski definition) is 3. The number of aliphatic hydroxyl groups excluding tert-OH is 2. The Balaban J connectivity index is 2.82. The molecule has 0 aliphatic rings. The lowest BCUT2D eigenvalue weighted by Crippen LogP contribution is -2.34. The lowest BCUT2D eigenvalue weighted by Gasteiger charge is -2.20. The van der Waals surface area contributed by atoms with Crippen molar-refractivity contribution in [3.05, 3.63) is 29.6 Å². The number of carbonyl (C=O) groups excluding carboxylic acids is 1. The number of hydrogen-bond acceptors (Lipinski definition) is 4. The van der Waals surface area contributed by atoms with Crippen LogP contribution in [0.4, 0.5) is 4.39 Å². The molecule has 0 radical (unpaired) electrons. The zero-order valence-corrected chi connectivity index (χ0v) is 10.2. The second-order valence-corrected chi connectivity index (χ2v) is 3.84. The van der Waals surface area contributed by atoms with E-state index in [9.17, 15) is 19.4 Å². The van der Waals surface area contributed by atoms with Gasteiger partial charge in [0.1, 0.15) is 23.8 Å². The van der Waals surface area contributed by atoms with Crippen LogP contribution < -0.4 is 10.1 Å². The number of rotatable bonds is 5. The largest absolute Gasteiger partial charge is 0.496 e. The SMILES string of the molecule is COc1cc(F)ccc1C(O)C(O)CNC(C)=O. The van der Waals surface area contributed by atoms with Crippen molar-refractivity contribution >= 4 is 5.91 Å². The van der Waals surface area contributed by atoms with E-state index in [0.717, 1.165) is 12.1 Å². The summed E-state index contributed by atoms with van der Waals surface area (Å²) >= 11 is 0. The number of benzene rings is 1. The van der Waals surface area contributed by atoms with Gasteiger partial charge in [0.05, 0.1) is 7.11 Å². The summed E-state index contributed by atoms with van der Waals surface area (Å²) in [6.45, 7) is 1.20.